The van der Waals surface area contributed by atoms with Crippen molar-refractivity contribution in [2.75, 3.05) is 59.0 Å². The van der Waals surface area contributed by atoms with Gasteiger partial charge in [0, 0.05) is 19.6 Å². The minimum Gasteiger partial charge on any atom is -0.395 e. The van der Waals surface area contributed by atoms with E-state index < -0.39 is 0 Å². The summed E-state index contributed by atoms with van der Waals surface area (Å²) in [6.45, 7) is 7.07. The lowest BCUT2D eigenvalue weighted by Crippen LogP contribution is -2.40. The zero-order valence-electron chi connectivity index (χ0n) is 12.1. The van der Waals surface area contributed by atoms with Gasteiger partial charge in [0.15, 0.2) is 0 Å². The molecule has 0 aromatic rings. The Morgan fingerprint density at radius 1 is 1.05 bits per heavy atom. The van der Waals surface area contributed by atoms with Crippen LogP contribution in [0.2, 0.25) is 0 Å². The first kappa shape index (κ1) is 16.9. The van der Waals surface area contributed by atoms with E-state index in [1.165, 1.54) is 38.9 Å². The molecular weight excluding hydrogens is 242 g/mol. The van der Waals surface area contributed by atoms with Crippen molar-refractivity contribution in [3.05, 3.63) is 0 Å². The molecule has 0 amide bonds. The summed E-state index contributed by atoms with van der Waals surface area (Å²) in [5.74, 6) is 0.712. The summed E-state index contributed by atoms with van der Waals surface area (Å²) in [5, 5.41) is 18.0. The minimum absolute atomic E-state index is 0.179. The van der Waals surface area contributed by atoms with Crippen molar-refractivity contribution in [3.63, 3.8) is 0 Å². The molecule has 19 heavy (non-hydrogen) atoms. The second kappa shape index (κ2) is 10.6. The summed E-state index contributed by atoms with van der Waals surface area (Å²) >= 11 is 0. The molecule has 0 spiro atoms. The third kappa shape index (κ3) is 7.22. The van der Waals surface area contributed by atoms with Gasteiger partial charge in [0.2, 0.25) is 0 Å². The maximum absolute atomic E-state index is 9.01. The van der Waals surface area contributed by atoms with E-state index in [1.807, 2.05) is 0 Å². The van der Waals surface area contributed by atoms with E-state index in [0.717, 1.165) is 19.5 Å². The molecule has 0 radical (unpaired) electrons. The number of nitrogens with zero attached hydrogens (tertiary/aromatic N) is 2. The maximum atomic E-state index is 9.01. The van der Waals surface area contributed by atoms with E-state index >= 15 is 0 Å². The van der Waals surface area contributed by atoms with Gasteiger partial charge in [0.05, 0.1) is 13.2 Å². The fraction of sp³-hybridized carbons (Fsp3) is 1.00. The summed E-state index contributed by atoms with van der Waals surface area (Å²) in [4.78, 5) is 4.71. The zero-order chi connectivity index (χ0) is 13.9. The number of nitrogens with two attached hydrogens (primary N) is 1. The summed E-state index contributed by atoms with van der Waals surface area (Å²) in [5.41, 5.74) is 5.51. The van der Waals surface area contributed by atoms with Gasteiger partial charge in [-0.2, -0.15) is 0 Å². The lowest BCUT2D eigenvalue weighted by molar-refractivity contribution is 0.112. The zero-order valence-corrected chi connectivity index (χ0v) is 12.1. The van der Waals surface area contributed by atoms with Crippen LogP contribution in [-0.4, -0.2) is 79.0 Å². The molecular formula is C14H31N3O2. The van der Waals surface area contributed by atoms with E-state index in [2.05, 4.69) is 9.80 Å². The summed E-state index contributed by atoms with van der Waals surface area (Å²) in [6, 6.07) is 0. The molecule has 0 aliphatic carbocycles. The van der Waals surface area contributed by atoms with Crippen LogP contribution < -0.4 is 5.73 Å². The predicted molar refractivity (Wildman–Crippen MR) is 78.1 cm³/mol. The van der Waals surface area contributed by atoms with Gasteiger partial charge in [-0.1, -0.05) is 0 Å². The standard InChI is InChI=1S/C14H31N3O2/c15-5-1-2-6-16-7-3-14(4-8-16)13-17(9-11-18)10-12-19/h14,18-19H,1-13,15H2. The molecule has 0 atom stereocenters. The SMILES string of the molecule is NCCCCN1CCC(CN(CCO)CCO)CC1. The molecule has 1 fully saturated rings. The molecule has 0 aromatic heterocycles. The first-order valence-electron chi connectivity index (χ1n) is 7.66. The topological polar surface area (TPSA) is 73.0 Å². The second-order valence-electron chi connectivity index (χ2n) is 5.53. The third-order valence-electron chi connectivity index (χ3n) is 3.98. The van der Waals surface area contributed by atoms with Crippen molar-refractivity contribution in [1.29, 1.82) is 0 Å². The Kier molecular flexibility index (Phi) is 9.38. The van der Waals surface area contributed by atoms with Crippen molar-refractivity contribution < 1.29 is 10.2 Å². The van der Waals surface area contributed by atoms with Crippen molar-refractivity contribution in [2.24, 2.45) is 11.7 Å². The molecule has 114 valence electrons. The number of piperidine rings is 1. The van der Waals surface area contributed by atoms with E-state index in [9.17, 15) is 0 Å². The Bertz CT molecular complexity index is 203. The quantitative estimate of drug-likeness (QED) is 0.478. The van der Waals surface area contributed by atoms with Crippen LogP contribution in [0.3, 0.4) is 0 Å². The first-order valence-corrected chi connectivity index (χ1v) is 7.66. The second-order valence-corrected chi connectivity index (χ2v) is 5.53. The number of likely N-dealkylation sites (tertiary alicyclic amines) is 1. The molecule has 0 unspecified atom stereocenters. The molecule has 0 bridgehead atoms. The van der Waals surface area contributed by atoms with Crippen LogP contribution in [-0.2, 0) is 0 Å². The average Bonchev–Trinajstić information content (AvgIpc) is 2.42. The highest BCUT2D eigenvalue weighted by atomic mass is 16.3. The fourth-order valence-electron chi connectivity index (χ4n) is 2.81. The molecule has 1 rings (SSSR count). The first-order chi connectivity index (χ1) is 9.30. The molecule has 1 aliphatic heterocycles. The summed E-state index contributed by atoms with van der Waals surface area (Å²) in [6.07, 6.45) is 4.80. The Morgan fingerprint density at radius 3 is 2.21 bits per heavy atom. The molecule has 1 saturated heterocycles. The summed E-state index contributed by atoms with van der Waals surface area (Å²) < 4.78 is 0. The average molecular weight is 273 g/mol. The number of aliphatic hydroxyl groups excluding tert-OH is 2. The highest BCUT2D eigenvalue weighted by Crippen LogP contribution is 2.18. The molecule has 1 aliphatic rings. The van der Waals surface area contributed by atoms with E-state index in [1.54, 1.807) is 0 Å². The number of hydrogen-bond acceptors (Lipinski definition) is 5. The van der Waals surface area contributed by atoms with Crippen LogP contribution >= 0.6 is 0 Å². The van der Waals surface area contributed by atoms with Crippen molar-refractivity contribution in [3.8, 4) is 0 Å². The summed E-state index contributed by atoms with van der Waals surface area (Å²) in [7, 11) is 0. The van der Waals surface area contributed by atoms with Crippen LogP contribution in [0.4, 0.5) is 0 Å². The minimum atomic E-state index is 0.179. The molecule has 5 heteroatoms. The van der Waals surface area contributed by atoms with E-state index in [-0.39, 0.29) is 13.2 Å². The van der Waals surface area contributed by atoms with Gasteiger partial charge in [-0.15, -0.1) is 0 Å². The number of aliphatic hydroxyl groups is 2. The highest BCUT2D eigenvalue weighted by molar-refractivity contribution is 4.75. The monoisotopic (exact) mass is 273 g/mol. The van der Waals surface area contributed by atoms with Gasteiger partial charge in [0.25, 0.3) is 0 Å². The lowest BCUT2D eigenvalue weighted by atomic mass is 9.96. The number of hydrogen-bond donors (Lipinski definition) is 3. The maximum Gasteiger partial charge on any atom is 0.0558 e. The Hall–Kier alpha value is -0.200. The smallest absolute Gasteiger partial charge is 0.0558 e. The van der Waals surface area contributed by atoms with Gasteiger partial charge in [-0.3, -0.25) is 4.90 Å². The van der Waals surface area contributed by atoms with Crippen LogP contribution in [0.15, 0.2) is 0 Å². The highest BCUT2D eigenvalue weighted by Gasteiger charge is 2.20. The van der Waals surface area contributed by atoms with E-state index in [4.69, 9.17) is 15.9 Å². The van der Waals surface area contributed by atoms with Crippen LogP contribution in [0.5, 0.6) is 0 Å². The van der Waals surface area contributed by atoms with Crippen molar-refractivity contribution in [1.82, 2.24) is 9.80 Å². The molecule has 0 saturated carbocycles. The van der Waals surface area contributed by atoms with Crippen LogP contribution in [0.25, 0.3) is 0 Å². The number of rotatable bonds is 10. The van der Waals surface area contributed by atoms with Gasteiger partial charge in [-0.25, -0.2) is 0 Å². The predicted octanol–water partition coefficient (Wildman–Crippen LogP) is -0.276. The van der Waals surface area contributed by atoms with Gasteiger partial charge in [0.1, 0.15) is 0 Å². The normalized spacial score (nSPS) is 18.3. The van der Waals surface area contributed by atoms with Gasteiger partial charge >= 0.3 is 0 Å². The van der Waals surface area contributed by atoms with E-state index in [0.29, 0.717) is 19.0 Å². The molecule has 0 aromatic carbocycles. The Morgan fingerprint density at radius 2 is 1.68 bits per heavy atom. The number of unbranched alkanes of at least 4 members (excludes halogenated alkanes) is 1. The Labute approximate surface area is 117 Å². The molecule has 4 N–H and O–H groups in total. The van der Waals surface area contributed by atoms with Crippen LogP contribution in [0.1, 0.15) is 25.7 Å². The Balaban J connectivity index is 2.17. The van der Waals surface area contributed by atoms with Crippen molar-refractivity contribution >= 4 is 0 Å². The van der Waals surface area contributed by atoms with Crippen molar-refractivity contribution in [2.45, 2.75) is 25.7 Å². The molecule has 1 heterocycles. The molecule has 5 nitrogen and oxygen atoms in total. The van der Waals surface area contributed by atoms with Crippen LogP contribution in [0, 0.1) is 5.92 Å². The largest absolute Gasteiger partial charge is 0.395 e. The van der Waals surface area contributed by atoms with Gasteiger partial charge < -0.3 is 20.8 Å². The fourth-order valence-corrected chi connectivity index (χ4v) is 2.81. The van der Waals surface area contributed by atoms with Gasteiger partial charge in [-0.05, 0) is 57.8 Å². The third-order valence-corrected chi connectivity index (χ3v) is 3.98. The lowest BCUT2D eigenvalue weighted by Gasteiger charge is -2.34.